The number of hydrogen-bond donors (Lipinski definition) is 0. The van der Waals surface area contributed by atoms with Crippen molar-refractivity contribution in [3.63, 3.8) is 0 Å². The van der Waals surface area contributed by atoms with Gasteiger partial charge in [0, 0.05) is 17.9 Å². The van der Waals surface area contributed by atoms with Crippen molar-refractivity contribution in [2.24, 2.45) is 0 Å². The summed E-state index contributed by atoms with van der Waals surface area (Å²) in [6.07, 6.45) is 2.72. The third kappa shape index (κ3) is 2.33. The monoisotopic (exact) mass is 259 g/mol. The number of thiophene rings is 1. The first-order chi connectivity index (χ1) is 6.40. The lowest BCUT2D eigenvalue weighted by molar-refractivity contribution is 0.265. The number of nitrogens with zero attached hydrogens (tertiary/aromatic N) is 1. The molecule has 1 aromatic heterocycles. The SMILES string of the molecule is BrCC1CCCN1Cc1ccsc1. The molecule has 2 heterocycles. The van der Waals surface area contributed by atoms with Crippen molar-refractivity contribution >= 4 is 27.3 Å². The average Bonchev–Trinajstić information content (AvgIpc) is 2.76. The van der Waals surface area contributed by atoms with Crippen molar-refractivity contribution in [1.29, 1.82) is 0 Å². The predicted molar refractivity (Wildman–Crippen MR) is 61.5 cm³/mol. The Kier molecular flexibility index (Phi) is 3.41. The molecule has 1 saturated heterocycles. The first-order valence-electron chi connectivity index (χ1n) is 4.71. The maximum atomic E-state index is 3.58. The molecule has 1 aromatic rings. The van der Waals surface area contributed by atoms with Gasteiger partial charge < -0.3 is 0 Å². The van der Waals surface area contributed by atoms with Crippen LogP contribution in [0.5, 0.6) is 0 Å². The fraction of sp³-hybridized carbons (Fsp3) is 0.600. The van der Waals surface area contributed by atoms with E-state index >= 15 is 0 Å². The minimum Gasteiger partial charge on any atom is -0.295 e. The number of halogens is 1. The zero-order valence-corrected chi connectivity index (χ0v) is 9.98. The van der Waals surface area contributed by atoms with Gasteiger partial charge in [-0.15, -0.1) is 0 Å². The van der Waals surface area contributed by atoms with Gasteiger partial charge in [-0.05, 0) is 41.8 Å². The summed E-state index contributed by atoms with van der Waals surface area (Å²) in [5.41, 5.74) is 1.47. The number of rotatable bonds is 3. The Morgan fingerprint density at radius 3 is 3.23 bits per heavy atom. The maximum absolute atomic E-state index is 3.58. The van der Waals surface area contributed by atoms with E-state index in [9.17, 15) is 0 Å². The molecule has 1 nitrogen and oxygen atoms in total. The van der Waals surface area contributed by atoms with Crippen LogP contribution in [-0.2, 0) is 6.54 Å². The Labute approximate surface area is 91.9 Å². The molecule has 1 atom stereocenters. The van der Waals surface area contributed by atoms with E-state index in [1.807, 2.05) is 0 Å². The molecule has 0 radical (unpaired) electrons. The summed E-state index contributed by atoms with van der Waals surface area (Å²) in [7, 11) is 0. The van der Waals surface area contributed by atoms with Crippen molar-refractivity contribution in [3.05, 3.63) is 22.4 Å². The normalized spacial score (nSPS) is 23.9. The summed E-state index contributed by atoms with van der Waals surface area (Å²) in [5.74, 6) is 0. The molecule has 0 bridgehead atoms. The second-order valence-corrected chi connectivity index (χ2v) is 4.98. The van der Waals surface area contributed by atoms with E-state index in [1.54, 1.807) is 11.3 Å². The maximum Gasteiger partial charge on any atom is 0.0245 e. The van der Waals surface area contributed by atoms with Gasteiger partial charge in [-0.1, -0.05) is 15.9 Å². The summed E-state index contributed by atoms with van der Waals surface area (Å²) in [6, 6.07) is 2.99. The summed E-state index contributed by atoms with van der Waals surface area (Å²) < 4.78 is 0. The zero-order chi connectivity index (χ0) is 9.10. The highest BCUT2D eigenvalue weighted by atomic mass is 79.9. The lowest BCUT2D eigenvalue weighted by atomic mass is 10.2. The van der Waals surface area contributed by atoms with Crippen LogP contribution in [0.25, 0.3) is 0 Å². The van der Waals surface area contributed by atoms with Crippen molar-refractivity contribution in [2.75, 3.05) is 11.9 Å². The lowest BCUT2D eigenvalue weighted by Gasteiger charge is -2.21. The van der Waals surface area contributed by atoms with Crippen LogP contribution >= 0.6 is 27.3 Å². The Morgan fingerprint density at radius 2 is 2.54 bits per heavy atom. The summed E-state index contributed by atoms with van der Waals surface area (Å²) in [6.45, 7) is 2.41. The van der Waals surface area contributed by atoms with Crippen LogP contribution in [0.2, 0.25) is 0 Å². The van der Waals surface area contributed by atoms with Gasteiger partial charge in [-0.3, -0.25) is 4.90 Å². The smallest absolute Gasteiger partial charge is 0.0245 e. The van der Waals surface area contributed by atoms with Crippen LogP contribution in [0.3, 0.4) is 0 Å². The van der Waals surface area contributed by atoms with Gasteiger partial charge in [0.2, 0.25) is 0 Å². The highest BCUT2D eigenvalue weighted by Gasteiger charge is 2.22. The molecule has 2 rings (SSSR count). The number of likely N-dealkylation sites (tertiary alicyclic amines) is 1. The second-order valence-electron chi connectivity index (χ2n) is 3.55. The molecular weight excluding hydrogens is 246 g/mol. The Balaban J connectivity index is 1.94. The minimum atomic E-state index is 0.764. The van der Waals surface area contributed by atoms with E-state index in [4.69, 9.17) is 0 Å². The lowest BCUT2D eigenvalue weighted by Crippen LogP contribution is -2.29. The van der Waals surface area contributed by atoms with Crippen LogP contribution in [0.15, 0.2) is 16.8 Å². The van der Waals surface area contributed by atoms with E-state index in [-0.39, 0.29) is 0 Å². The van der Waals surface area contributed by atoms with Crippen LogP contribution in [0.4, 0.5) is 0 Å². The van der Waals surface area contributed by atoms with Crippen molar-refractivity contribution in [2.45, 2.75) is 25.4 Å². The third-order valence-corrected chi connectivity index (χ3v) is 4.12. The highest BCUT2D eigenvalue weighted by Crippen LogP contribution is 2.22. The average molecular weight is 260 g/mol. The summed E-state index contributed by atoms with van der Waals surface area (Å²) >= 11 is 5.38. The summed E-state index contributed by atoms with van der Waals surface area (Å²) in [5, 5.41) is 5.54. The van der Waals surface area contributed by atoms with Gasteiger partial charge in [0.05, 0.1) is 0 Å². The molecule has 72 valence electrons. The Morgan fingerprint density at radius 1 is 1.62 bits per heavy atom. The standard InChI is InChI=1S/C10H14BrNS/c11-6-10-2-1-4-12(10)7-9-3-5-13-8-9/h3,5,8,10H,1-2,4,6-7H2. The topological polar surface area (TPSA) is 3.24 Å². The van der Waals surface area contributed by atoms with Crippen molar-refractivity contribution in [3.8, 4) is 0 Å². The molecule has 1 aliphatic rings. The molecule has 13 heavy (non-hydrogen) atoms. The van der Waals surface area contributed by atoms with Gasteiger partial charge in [-0.25, -0.2) is 0 Å². The van der Waals surface area contributed by atoms with E-state index in [0.29, 0.717) is 0 Å². The number of alkyl halides is 1. The molecule has 3 heteroatoms. The van der Waals surface area contributed by atoms with E-state index in [2.05, 4.69) is 37.7 Å². The molecule has 1 fully saturated rings. The first-order valence-corrected chi connectivity index (χ1v) is 6.77. The molecule has 0 aliphatic carbocycles. The zero-order valence-electron chi connectivity index (χ0n) is 7.58. The van der Waals surface area contributed by atoms with E-state index < -0.39 is 0 Å². The Hall–Kier alpha value is 0.140. The van der Waals surface area contributed by atoms with Crippen molar-refractivity contribution < 1.29 is 0 Å². The fourth-order valence-electron chi connectivity index (χ4n) is 1.90. The van der Waals surface area contributed by atoms with Gasteiger partial charge >= 0.3 is 0 Å². The van der Waals surface area contributed by atoms with Gasteiger partial charge in [0.15, 0.2) is 0 Å². The largest absolute Gasteiger partial charge is 0.295 e. The first kappa shape index (κ1) is 9.69. The van der Waals surface area contributed by atoms with E-state index in [1.165, 1.54) is 24.9 Å². The molecule has 0 N–H and O–H groups in total. The molecule has 0 aromatic carbocycles. The fourth-order valence-corrected chi connectivity index (χ4v) is 3.29. The molecule has 0 saturated carbocycles. The quantitative estimate of drug-likeness (QED) is 0.755. The molecule has 1 unspecified atom stereocenters. The second kappa shape index (κ2) is 4.58. The Bertz CT molecular complexity index is 247. The highest BCUT2D eigenvalue weighted by molar-refractivity contribution is 9.09. The van der Waals surface area contributed by atoms with Gasteiger partial charge in [0.1, 0.15) is 0 Å². The van der Waals surface area contributed by atoms with E-state index in [0.717, 1.165) is 17.9 Å². The molecule has 0 amide bonds. The molecular formula is C10H14BrNS. The predicted octanol–water partition coefficient (Wildman–Crippen LogP) is 3.11. The van der Waals surface area contributed by atoms with Gasteiger partial charge in [0.25, 0.3) is 0 Å². The minimum absolute atomic E-state index is 0.764. The molecule has 1 aliphatic heterocycles. The van der Waals surface area contributed by atoms with Gasteiger partial charge in [-0.2, -0.15) is 11.3 Å². The van der Waals surface area contributed by atoms with Crippen LogP contribution in [0, 0.1) is 0 Å². The number of hydrogen-bond acceptors (Lipinski definition) is 2. The van der Waals surface area contributed by atoms with Crippen LogP contribution in [-0.4, -0.2) is 22.8 Å². The van der Waals surface area contributed by atoms with Crippen LogP contribution in [0.1, 0.15) is 18.4 Å². The van der Waals surface area contributed by atoms with Crippen molar-refractivity contribution in [1.82, 2.24) is 4.90 Å². The summed E-state index contributed by atoms with van der Waals surface area (Å²) in [4.78, 5) is 2.58. The van der Waals surface area contributed by atoms with Crippen LogP contribution < -0.4 is 0 Å². The third-order valence-electron chi connectivity index (χ3n) is 2.64. The molecule has 0 spiro atoms.